The molecule has 4 N–H and O–H groups in total. The number of hydrogen-bond donors (Lipinski definition) is 4. The number of aliphatic hydroxyl groups is 1. The molecule has 1 spiro atoms. The molecule has 204 valence electrons. The monoisotopic (exact) mass is 545 g/mol. The number of amides is 2. The molecule has 2 aliphatic heterocycles. The molecule has 0 radical (unpaired) electrons. The molecule has 2 amide bonds. The fourth-order valence-corrected chi connectivity index (χ4v) is 6.85. The Morgan fingerprint density at radius 1 is 1.16 bits per heavy atom. The average molecular weight is 546 g/mol. The Morgan fingerprint density at radius 2 is 1.87 bits per heavy atom. The van der Waals surface area contributed by atoms with Crippen LogP contribution < -0.4 is 16.0 Å². The van der Waals surface area contributed by atoms with Crippen molar-refractivity contribution in [2.75, 3.05) is 5.32 Å². The molecular formula is C29H34ClF2N3O3. The molecule has 38 heavy (non-hydrogen) atoms. The van der Waals surface area contributed by atoms with Gasteiger partial charge in [-0.2, -0.15) is 0 Å². The maximum absolute atomic E-state index is 15.7. The van der Waals surface area contributed by atoms with E-state index in [1.807, 2.05) is 20.8 Å². The Morgan fingerprint density at radius 3 is 2.55 bits per heavy atom. The van der Waals surface area contributed by atoms with Crippen molar-refractivity contribution in [2.24, 2.45) is 5.41 Å². The van der Waals surface area contributed by atoms with Crippen molar-refractivity contribution in [3.8, 4) is 0 Å². The van der Waals surface area contributed by atoms with E-state index in [1.165, 1.54) is 18.2 Å². The largest absolute Gasteiger partial charge is 0.393 e. The first kappa shape index (κ1) is 27.0. The topological polar surface area (TPSA) is 90.5 Å². The van der Waals surface area contributed by atoms with E-state index in [1.54, 1.807) is 18.2 Å². The molecule has 0 bridgehead atoms. The van der Waals surface area contributed by atoms with Crippen LogP contribution in [0.5, 0.6) is 0 Å². The zero-order chi connectivity index (χ0) is 27.4. The quantitative estimate of drug-likeness (QED) is 0.445. The molecule has 1 aliphatic carbocycles. The minimum atomic E-state index is -1.38. The summed E-state index contributed by atoms with van der Waals surface area (Å²) in [7, 11) is 0. The summed E-state index contributed by atoms with van der Waals surface area (Å²) in [4.78, 5) is 28.0. The van der Waals surface area contributed by atoms with Crippen molar-refractivity contribution in [2.45, 2.75) is 88.4 Å². The molecular weight excluding hydrogens is 512 g/mol. The summed E-state index contributed by atoms with van der Waals surface area (Å²) in [5.74, 6) is -2.87. The van der Waals surface area contributed by atoms with Crippen molar-refractivity contribution in [1.29, 1.82) is 0 Å². The van der Waals surface area contributed by atoms with Gasteiger partial charge in [0.25, 0.3) is 0 Å². The minimum absolute atomic E-state index is 0.102. The van der Waals surface area contributed by atoms with Gasteiger partial charge >= 0.3 is 0 Å². The van der Waals surface area contributed by atoms with Crippen LogP contribution in [0.3, 0.4) is 0 Å². The molecule has 2 heterocycles. The van der Waals surface area contributed by atoms with Crippen molar-refractivity contribution >= 4 is 29.1 Å². The van der Waals surface area contributed by atoms with Crippen LogP contribution in [0.1, 0.15) is 69.9 Å². The van der Waals surface area contributed by atoms with E-state index in [4.69, 9.17) is 11.6 Å². The molecule has 2 aromatic rings. The second-order valence-corrected chi connectivity index (χ2v) is 12.5. The van der Waals surface area contributed by atoms with E-state index in [0.717, 1.165) is 0 Å². The molecule has 4 unspecified atom stereocenters. The second-order valence-electron chi connectivity index (χ2n) is 12.1. The summed E-state index contributed by atoms with van der Waals surface area (Å²) in [6, 6.07) is 7.10. The predicted octanol–water partition coefficient (Wildman–Crippen LogP) is 4.79. The van der Waals surface area contributed by atoms with Crippen LogP contribution in [-0.2, 0) is 15.0 Å². The number of carbonyl (C=O) groups excluding carboxylic acids is 2. The number of hydrogen-bond acceptors (Lipinski definition) is 4. The minimum Gasteiger partial charge on any atom is -0.393 e. The van der Waals surface area contributed by atoms with E-state index in [-0.39, 0.29) is 34.1 Å². The molecule has 5 rings (SSSR count). The normalized spacial score (nSPS) is 30.8. The van der Waals surface area contributed by atoms with Crippen LogP contribution in [0.4, 0.5) is 14.5 Å². The van der Waals surface area contributed by atoms with Gasteiger partial charge < -0.3 is 21.1 Å². The van der Waals surface area contributed by atoms with Crippen molar-refractivity contribution in [3.05, 3.63) is 64.2 Å². The van der Waals surface area contributed by atoms with Crippen LogP contribution >= 0.6 is 11.6 Å². The molecule has 2 fully saturated rings. The molecule has 4 atom stereocenters. The zero-order valence-electron chi connectivity index (χ0n) is 21.8. The van der Waals surface area contributed by atoms with Gasteiger partial charge in [-0.1, -0.05) is 50.6 Å². The smallest absolute Gasteiger partial charge is 0.238 e. The summed E-state index contributed by atoms with van der Waals surface area (Å²) in [6.07, 6.45) is 2.57. The van der Waals surface area contributed by atoms with E-state index in [9.17, 15) is 19.1 Å². The first-order valence-electron chi connectivity index (χ1n) is 13.2. The highest BCUT2D eigenvalue weighted by atomic mass is 35.5. The maximum Gasteiger partial charge on any atom is 0.238 e. The molecule has 3 aliphatic rings. The van der Waals surface area contributed by atoms with Gasteiger partial charge in [-0.25, -0.2) is 8.78 Å². The Kier molecular flexibility index (Phi) is 7.03. The molecule has 6 nitrogen and oxygen atoms in total. The van der Waals surface area contributed by atoms with E-state index >= 15 is 4.39 Å². The SMILES string of the molecule is CC(C)(C)CC1NC(C(=O)NC2CCC(O)CC2)C(c2cccc(Cl)c2F)C12C(=O)Nc1cc(F)ccc12. The molecule has 0 aromatic heterocycles. The lowest BCUT2D eigenvalue weighted by Crippen LogP contribution is -2.50. The van der Waals surface area contributed by atoms with Crippen molar-refractivity contribution in [1.82, 2.24) is 10.6 Å². The zero-order valence-corrected chi connectivity index (χ0v) is 22.5. The number of nitrogens with one attached hydrogen (secondary N) is 3. The number of benzene rings is 2. The van der Waals surface area contributed by atoms with Crippen LogP contribution in [0.2, 0.25) is 5.02 Å². The van der Waals surface area contributed by atoms with E-state index in [2.05, 4.69) is 16.0 Å². The van der Waals surface area contributed by atoms with Gasteiger partial charge in [0, 0.05) is 23.7 Å². The van der Waals surface area contributed by atoms with Crippen molar-refractivity contribution < 1.29 is 23.5 Å². The summed E-state index contributed by atoms with van der Waals surface area (Å²) in [5.41, 5.74) is -0.618. The standard InChI is InChI=1S/C29H34ClF2N3O3/c1-28(2,3)14-22-29(19-12-7-15(31)13-21(19)34-27(29)38)23(18-5-4-6-20(30)24(18)32)25(35-22)26(37)33-16-8-10-17(36)11-9-16/h4-7,12-13,16-17,22-23,25,35-36H,8-11,14H2,1-3H3,(H,33,37)(H,34,38). The molecule has 1 saturated carbocycles. The highest BCUT2D eigenvalue weighted by molar-refractivity contribution is 6.30. The van der Waals surface area contributed by atoms with E-state index < -0.39 is 41.0 Å². The Bertz CT molecular complexity index is 1260. The lowest BCUT2D eigenvalue weighted by molar-refractivity contribution is -0.124. The number of fused-ring (bicyclic) bond motifs is 2. The highest BCUT2D eigenvalue weighted by Crippen LogP contribution is 2.57. The molecule has 1 saturated heterocycles. The van der Waals surface area contributed by atoms with Crippen LogP contribution in [-0.4, -0.2) is 41.2 Å². The van der Waals surface area contributed by atoms with E-state index in [0.29, 0.717) is 43.4 Å². The maximum atomic E-state index is 15.7. The Labute approximate surface area is 226 Å². The van der Waals surface area contributed by atoms with Gasteiger partial charge in [0.15, 0.2) is 0 Å². The first-order valence-corrected chi connectivity index (χ1v) is 13.6. The number of aliphatic hydroxyl groups excluding tert-OH is 1. The summed E-state index contributed by atoms with van der Waals surface area (Å²) in [5, 5.41) is 19.2. The van der Waals surface area contributed by atoms with Gasteiger partial charge in [-0.05, 0) is 66.8 Å². The van der Waals surface area contributed by atoms with Crippen LogP contribution in [0.15, 0.2) is 36.4 Å². The average Bonchev–Trinajstić information content (AvgIpc) is 3.31. The predicted molar refractivity (Wildman–Crippen MR) is 142 cm³/mol. The molecule has 2 aromatic carbocycles. The lowest BCUT2D eigenvalue weighted by atomic mass is 9.62. The third-order valence-corrected chi connectivity index (χ3v) is 8.56. The van der Waals surface area contributed by atoms with Crippen molar-refractivity contribution in [3.63, 3.8) is 0 Å². The third-order valence-electron chi connectivity index (χ3n) is 8.26. The van der Waals surface area contributed by atoms with Gasteiger partial charge in [0.1, 0.15) is 17.0 Å². The first-order chi connectivity index (χ1) is 17.9. The highest BCUT2D eigenvalue weighted by Gasteiger charge is 2.66. The summed E-state index contributed by atoms with van der Waals surface area (Å²) in [6.45, 7) is 6.11. The summed E-state index contributed by atoms with van der Waals surface area (Å²) >= 11 is 6.21. The number of rotatable bonds is 4. The number of carbonyl (C=O) groups is 2. The third kappa shape index (κ3) is 4.61. The fraction of sp³-hybridized carbons (Fsp3) is 0.517. The van der Waals surface area contributed by atoms with Gasteiger partial charge in [0.05, 0.1) is 17.2 Å². The van der Waals surface area contributed by atoms with Crippen LogP contribution in [0.25, 0.3) is 0 Å². The van der Waals surface area contributed by atoms with Gasteiger partial charge in [0.2, 0.25) is 11.8 Å². The Balaban J connectivity index is 1.67. The molecule has 9 heteroatoms. The van der Waals surface area contributed by atoms with Gasteiger partial charge in [-0.3, -0.25) is 9.59 Å². The second kappa shape index (κ2) is 9.88. The number of halogens is 3. The fourth-order valence-electron chi connectivity index (χ4n) is 6.66. The lowest BCUT2D eigenvalue weighted by Gasteiger charge is -2.38. The number of anilines is 1. The summed E-state index contributed by atoms with van der Waals surface area (Å²) < 4.78 is 30.0. The van der Waals surface area contributed by atoms with Gasteiger partial charge in [-0.15, -0.1) is 0 Å². The van der Waals surface area contributed by atoms with Crippen LogP contribution in [0, 0.1) is 17.0 Å². The Hall–Kier alpha value is -2.55.